The molecule has 0 radical (unpaired) electrons. The Hall–Kier alpha value is -1.91. The third-order valence-electron chi connectivity index (χ3n) is 3.71. The average Bonchev–Trinajstić information content (AvgIpc) is 3.05. The highest BCUT2D eigenvalue weighted by Crippen LogP contribution is 2.24. The maximum atomic E-state index is 11.8. The molecule has 1 aliphatic heterocycles. The van der Waals surface area contributed by atoms with Gasteiger partial charge >= 0.3 is 5.97 Å². The van der Waals surface area contributed by atoms with Gasteiger partial charge in [0.05, 0.1) is 25.9 Å². The van der Waals surface area contributed by atoms with Crippen LogP contribution in [0.2, 0.25) is 0 Å². The zero-order valence-corrected chi connectivity index (χ0v) is 12.0. The number of hydrogen-bond acceptors (Lipinski definition) is 4. The largest absolute Gasteiger partial charge is 0.465 e. The second-order valence-corrected chi connectivity index (χ2v) is 5.06. The monoisotopic (exact) mass is 286 g/mol. The number of carbonyl (C=O) groups is 1. The number of methoxy groups -OCH3 is 1. The van der Waals surface area contributed by atoms with Crippen molar-refractivity contribution in [3.63, 3.8) is 0 Å². The van der Waals surface area contributed by atoms with E-state index in [1.54, 1.807) is 0 Å². The van der Waals surface area contributed by atoms with Gasteiger partial charge in [-0.1, -0.05) is 24.3 Å². The first-order valence-corrected chi connectivity index (χ1v) is 7.11. The highest BCUT2D eigenvalue weighted by atomic mass is 16.7. The molecular formula is C17H18O4. The van der Waals surface area contributed by atoms with E-state index in [9.17, 15) is 4.79 Å². The highest BCUT2D eigenvalue weighted by Gasteiger charge is 2.17. The second-order valence-electron chi connectivity index (χ2n) is 5.06. The van der Waals surface area contributed by atoms with Gasteiger partial charge in [-0.3, -0.25) is 0 Å². The number of rotatable bonds is 4. The molecule has 110 valence electrons. The normalized spacial score (nSPS) is 15.5. The molecule has 2 aromatic rings. The van der Waals surface area contributed by atoms with Gasteiger partial charge in [-0.05, 0) is 34.9 Å². The molecule has 1 heterocycles. The molecule has 3 rings (SSSR count). The van der Waals surface area contributed by atoms with Crippen molar-refractivity contribution in [1.29, 1.82) is 0 Å². The second kappa shape index (κ2) is 6.24. The van der Waals surface area contributed by atoms with E-state index in [1.807, 2.05) is 30.3 Å². The van der Waals surface area contributed by atoms with E-state index in [-0.39, 0.29) is 12.3 Å². The molecule has 0 saturated carbocycles. The van der Waals surface area contributed by atoms with Crippen molar-refractivity contribution in [2.45, 2.75) is 19.1 Å². The zero-order chi connectivity index (χ0) is 14.7. The quantitative estimate of drug-likeness (QED) is 0.811. The van der Waals surface area contributed by atoms with Gasteiger partial charge in [0.25, 0.3) is 0 Å². The highest BCUT2D eigenvalue weighted by molar-refractivity contribution is 5.96. The fraction of sp³-hybridized carbons (Fsp3) is 0.353. The van der Waals surface area contributed by atoms with Crippen molar-refractivity contribution in [2.75, 3.05) is 20.3 Å². The Morgan fingerprint density at radius 3 is 2.76 bits per heavy atom. The van der Waals surface area contributed by atoms with Crippen LogP contribution < -0.4 is 0 Å². The molecule has 0 spiro atoms. The molecule has 1 saturated heterocycles. The Morgan fingerprint density at radius 1 is 1.24 bits per heavy atom. The molecule has 0 atom stereocenters. The molecule has 2 aromatic carbocycles. The third-order valence-corrected chi connectivity index (χ3v) is 3.71. The van der Waals surface area contributed by atoms with Crippen molar-refractivity contribution in [2.24, 2.45) is 0 Å². The number of benzene rings is 2. The zero-order valence-electron chi connectivity index (χ0n) is 12.0. The maximum absolute atomic E-state index is 11.8. The molecule has 4 heteroatoms. The molecule has 0 N–H and O–H groups in total. The minimum absolute atomic E-state index is 0.134. The third kappa shape index (κ3) is 3.06. The van der Waals surface area contributed by atoms with E-state index in [1.165, 1.54) is 7.11 Å². The smallest absolute Gasteiger partial charge is 0.337 e. The van der Waals surface area contributed by atoms with Crippen LogP contribution in [0.1, 0.15) is 22.3 Å². The molecule has 0 amide bonds. The van der Waals surface area contributed by atoms with Gasteiger partial charge in [-0.2, -0.15) is 0 Å². The summed E-state index contributed by atoms with van der Waals surface area (Å²) in [4.78, 5) is 11.8. The van der Waals surface area contributed by atoms with E-state index in [2.05, 4.69) is 6.07 Å². The van der Waals surface area contributed by atoms with Crippen LogP contribution in [-0.2, 0) is 20.6 Å². The number of hydrogen-bond donors (Lipinski definition) is 0. The van der Waals surface area contributed by atoms with E-state index < -0.39 is 0 Å². The summed E-state index contributed by atoms with van der Waals surface area (Å²) in [5.41, 5.74) is 1.70. The predicted molar refractivity (Wildman–Crippen MR) is 79.3 cm³/mol. The Labute approximate surface area is 123 Å². The van der Waals surface area contributed by atoms with Crippen LogP contribution in [0.4, 0.5) is 0 Å². The van der Waals surface area contributed by atoms with Crippen LogP contribution in [0.3, 0.4) is 0 Å². The SMILES string of the molecule is COC(=O)c1cc(CCC2OCCO2)c2ccccc2c1. The van der Waals surface area contributed by atoms with E-state index in [0.29, 0.717) is 18.8 Å². The Bertz CT molecular complexity index is 644. The Balaban J connectivity index is 1.91. The summed E-state index contributed by atoms with van der Waals surface area (Å²) in [5, 5.41) is 2.20. The standard InChI is InChI=1S/C17H18O4/c1-19-17(18)14-10-12-4-2-3-5-15(12)13(11-14)6-7-16-20-8-9-21-16/h2-5,10-11,16H,6-9H2,1H3. The molecule has 1 fully saturated rings. The van der Waals surface area contributed by atoms with Gasteiger partial charge < -0.3 is 14.2 Å². The van der Waals surface area contributed by atoms with E-state index >= 15 is 0 Å². The maximum Gasteiger partial charge on any atom is 0.337 e. The lowest BCUT2D eigenvalue weighted by Crippen LogP contribution is -2.09. The van der Waals surface area contributed by atoms with Crippen molar-refractivity contribution >= 4 is 16.7 Å². The molecule has 0 aliphatic carbocycles. The van der Waals surface area contributed by atoms with Gasteiger partial charge in [-0.25, -0.2) is 4.79 Å². The molecule has 4 nitrogen and oxygen atoms in total. The Morgan fingerprint density at radius 2 is 2.00 bits per heavy atom. The van der Waals surface area contributed by atoms with E-state index in [0.717, 1.165) is 29.2 Å². The average molecular weight is 286 g/mol. The number of fused-ring (bicyclic) bond motifs is 1. The molecule has 0 bridgehead atoms. The predicted octanol–water partition coefficient (Wildman–Crippen LogP) is 2.93. The fourth-order valence-corrected chi connectivity index (χ4v) is 2.68. The van der Waals surface area contributed by atoms with Crippen molar-refractivity contribution in [3.05, 3.63) is 47.5 Å². The summed E-state index contributed by atoms with van der Waals surface area (Å²) < 4.78 is 15.8. The van der Waals surface area contributed by atoms with Gasteiger partial charge in [0.1, 0.15) is 0 Å². The Kier molecular flexibility index (Phi) is 4.18. The summed E-state index contributed by atoms with van der Waals surface area (Å²) in [5.74, 6) is -0.310. The van der Waals surface area contributed by atoms with Crippen molar-refractivity contribution in [1.82, 2.24) is 0 Å². The lowest BCUT2D eigenvalue weighted by atomic mass is 9.97. The van der Waals surface area contributed by atoms with Crippen LogP contribution in [0.15, 0.2) is 36.4 Å². The molecule has 0 aromatic heterocycles. The van der Waals surface area contributed by atoms with Crippen LogP contribution in [0, 0.1) is 0 Å². The fourth-order valence-electron chi connectivity index (χ4n) is 2.68. The van der Waals surface area contributed by atoms with Crippen LogP contribution >= 0.6 is 0 Å². The lowest BCUT2D eigenvalue weighted by molar-refractivity contribution is -0.0461. The number of ether oxygens (including phenoxy) is 3. The summed E-state index contributed by atoms with van der Waals surface area (Å²) in [6, 6.07) is 11.8. The summed E-state index contributed by atoms with van der Waals surface area (Å²) in [7, 11) is 1.40. The van der Waals surface area contributed by atoms with Gasteiger partial charge in [-0.15, -0.1) is 0 Å². The summed E-state index contributed by atoms with van der Waals surface area (Å²) in [6.07, 6.45) is 1.45. The van der Waals surface area contributed by atoms with Crippen molar-refractivity contribution in [3.8, 4) is 0 Å². The molecule has 21 heavy (non-hydrogen) atoms. The van der Waals surface area contributed by atoms with Crippen LogP contribution in [0.5, 0.6) is 0 Å². The van der Waals surface area contributed by atoms with Crippen LogP contribution in [0.25, 0.3) is 10.8 Å². The van der Waals surface area contributed by atoms with Gasteiger partial charge in [0.15, 0.2) is 6.29 Å². The minimum atomic E-state index is -0.310. The van der Waals surface area contributed by atoms with Gasteiger partial charge in [0.2, 0.25) is 0 Å². The van der Waals surface area contributed by atoms with Gasteiger partial charge in [0, 0.05) is 6.42 Å². The minimum Gasteiger partial charge on any atom is -0.465 e. The van der Waals surface area contributed by atoms with E-state index in [4.69, 9.17) is 14.2 Å². The summed E-state index contributed by atoms with van der Waals surface area (Å²) >= 11 is 0. The first-order valence-electron chi connectivity index (χ1n) is 7.11. The number of aryl methyl sites for hydroxylation is 1. The topological polar surface area (TPSA) is 44.8 Å². The molecular weight excluding hydrogens is 268 g/mol. The number of carbonyl (C=O) groups excluding carboxylic acids is 1. The molecule has 1 aliphatic rings. The molecule has 0 unspecified atom stereocenters. The van der Waals surface area contributed by atoms with Crippen LogP contribution in [-0.4, -0.2) is 32.6 Å². The first-order chi connectivity index (χ1) is 10.3. The summed E-state index contributed by atoms with van der Waals surface area (Å²) in [6.45, 7) is 1.32. The van der Waals surface area contributed by atoms with Crippen molar-refractivity contribution < 1.29 is 19.0 Å². The number of esters is 1. The lowest BCUT2D eigenvalue weighted by Gasteiger charge is -2.12. The first kappa shape index (κ1) is 14.0.